The Bertz CT molecular complexity index is 481. The fourth-order valence-corrected chi connectivity index (χ4v) is 2.14. The minimum absolute atomic E-state index is 0.0331. The molecule has 1 aromatic heterocycles. The molecule has 0 spiro atoms. The quantitative estimate of drug-likeness (QED) is 0.484. The second-order valence-electron chi connectivity index (χ2n) is 5.71. The lowest BCUT2D eigenvalue weighted by Crippen LogP contribution is -2.47. The summed E-state index contributed by atoms with van der Waals surface area (Å²) in [6, 6.07) is 0. The molecule has 0 radical (unpaired) electrons. The van der Waals surface area contributed by atoms with Crippen molar-refractivity contribution in [2.75, 3.05) is 26.4 Å². The molecule has 0 aromatic carbocycles. The number of nitrogens with zero attached hydrogens (tertiary/aromatic N) is 2. The lowest BCUT2D eigenvalue weighted by Gasteiger charge is -2.25. The van der Waals surface area contributed by atoms with Crippen LogP contribution in [0, 0.1) is 0 Å². The van der Waals surface area contributed by atoms with Gasteiger partial charge in [0.15, 0.2) is 0 Å². The number of hydrogen-bond acceptors (Lipinski definition) is 9. The van der Waals surface area contributed by atoms with Crippen LogP contribution in [0.4, 0.5) is 0 Å². The largest absolute Gasteiger partial charge is 0.473 e. The van der Waals surface area contributed by atoms with E-state index in [1.807, 2.05) is 13.8 Å². The number of aryl methyl sites for hydroxylation is 1. The fourth-order valence-electron chi connectivity index (χ4n) is 1.60. The number of esters is 1. The molecule has 0 saturated heterocycles. The van der Waals surface area contributed by atoms with Gasteiger partial charge in [0.25, 0.3) is 0 Å². The van der Waals surface area contributed by atoms with Crippen molar-refractivity contribution >= 4 is 17.7 Å². The summed E-state index contributed by atoms with van der Waals surface area (Å²) < 4.78 is 18.4. The summed E-state index contributed by atoms with van der Waals surface area (Å²) in [5.74, 6) is 0.0432. The second kappa shape index (κ2) is 9.76. The van der Waals surface area contributed by atoms with Crippen LogP contribution in [-0.4, -0.2) is 62.9 Å². The van der Waals surface area contributed by atoms with Crippen molar-refractivity contribution < 1.29 is 24.5 Å². The molecule has 1 heterocycles. The van der Waals surface area contributed by atoms with Crippen LogP contribution in [0.15, 0.2) is 0 Å². The van der Waals surface area contributed by atoms with Crippen molar-refractivity contribution in [3.05, 3.63) is 5.69 Å². The highest BCUT2D eigenvalue weighted by Crippen LogP contribution is 2.17. The Morgan fingerprint density at radius 1 is 1.43 bits per heavy atom. The van der Waals surface area contributed by atoms with Crippen LogP contribution in [0.5, 0.6) is 5.88 Å². The zero-order valence-electron chi connectivity index (χ0n) is 13.7. The number of β-amino-alcohol motifs (C(OH)–C–C–N with tert-alkyl or cyclic N) is 1. The first-order chi connectivity index (χ1) is 10.9. The molecule has 0 saturated carbocycles. The number of aromatic nitrogens is 2. The van der Waals surface area contributed by atoms with Gasteiger partial charge in [-0.2, -0.15) is 4.37 Å². The van der Waals surface area contributed by atoms with E-state index >= 15 is 0 Å². The van der Waals surface area contributed by atoms with Gasteiger partial charge in [-0.05, 0) is 20.8 Å². The molecule has 132 valence electrons. The predicted octanol–water partition coefficient (Wildman–Crippen LogP) is 0.134. The monoisotopic (exact) mass is 347 g/mol. The minimum atomic E-state index is -0.750. The van der Waals surface area contributed by atoms with Gasteiger partial charge in [-0.1, -0.05) is 0 Å². The number of carbonyl (C=O) groups excluding carboxylic acids is 1. The summed E-state index contributed by atoms with van der Waals surface area (Å²) >= 11 is 0.997. The van der Waals surface area contributed by atoms with Gasteiger partial charge in [0.2, 0.25) is 5.88 Å². The molecule has 23 heavy (non-hydrogen) atoms. The van der Waals surface area contributed by atoms with E-state index in [0.29, 0.717) is 24.6 Å². The van der Waals surface area contributed by atoms with E-state index in [-0.39, 0.29) is 32.1 Å². The Labute approximate surface area is 140 Å². The highest BCUT2D eigenvalue weighted by molar-refractivity contribution is 6.99. The van der Waals surface area contributed by atoms with Gasteiger partial charge in [0, 0.05) is 18.5 Å². The normalized spacial score (nSPS) is 12.9. The molecule has 1 aromatic rings. The Morgan fingerprint density at radius 2 is 2.17 bits per heavy atom. The summed E-state index contributed by atoms with van der Waals surface area (Å²) in [5.41, 5.74) is 0.118. The van der Waals surface area contributed by atoms with Crippen LogP contribution in [0.2, 0.25) is 0 Å². The highest BCUT2D eigenvalue weighted by atomic mass is 32.1. The Balaban J connectivity index is 2.37. The third-order valence-electron chi connectivity index (χ3n) is 3.02. The van der Waals surface area contributed by atoms with Crippen molar-refractivity contribution in [2.24, 2.45) is 0 Å². The SMILES string of the molecule is CCOC(=O)CCc1nsnc1OCC(O)CNC(C)(C)CO. The van der Waals surface area contributed by atoms with Gasteiger partial charge in [0.05, 0.1) is 31.4 Å². The molecular weight excluding hydrogens is 322 g/mol. The van der Waals surface area contributed by atoms with Crippen LogP contribution in [-0.2, 0) is 16.0 Å². The van der Waals surface area contributed by atoms with Gasteiger partial charge in [-0.25, -0.2) is 0 Å². The maximum atomic E-state index is 11.3. The number of nitrogens with one attached hydrogen (secondary N) is 1. The molecule has 3 N–H and O–H groups in total. The standard InChI is InChI=1S/C14H25N3O5S/c1-4-21-12(20)6-5-11-13(17-23-16-11)22-8-10(19)7-15-14(2,3)9-18/h10,15,18-19H,4-9H2,1-3H3. The van der Waals surface area contributed by atoms with Gasteiger partial charge in [-0.3, -0.25) is 4.79 Å². The summed E-state index contributed by atoms with van der Waals surface area (Å²) in [5, 5.41) is 22.1. The van der Waals surface area contributed by atoms with E-state index in [1.165, 1.54) is 0 Å². The van der Waals surface area contributed by atoms with Crippen molar-refractivity contribution in [3.8, 4) is 5.88 Å². The predicted molar refractivity (Wildman–Crippen MR) is 85.5 cm³/mol. The van der Waals surface area contributed by atoms with Gasteiger partial charge < -0.3 is 25.0 Å². The number of aliphatic hydroxyl groups excluding tert-OH is 2. The molecule has 0 bridgehead atoms. The van der Waals surface area contributed by atoms with Crippen LogP contribution < -0.4 is 10.1 Å². The van der Waals surface area contributed by atoms with E-state index in [1.54, 1.807) is 6.92 Å². The van der Waals surface area contributed by atoms with Crippen molar-refractivity contribution in [3.63, 3.8) is 0 Å². The zero-order chi connectivity index (χ0) is 17.3. The first kappa shape index (κ1) is 19.8. The van der Waals surface area contributed by atoms with E-state index in [4.69, 9.17) is 14.6 Å². The van der Waals surface area contributed by atoms with Crippen molar-refractivity contribution in [1.82, 2.24) is 14.1 Å². The average molecular weight is 347 g/mol. The third kappa shape index (κ3) is 7.69. The first-order valence-electron chi connectivity index (χ1n) is 7.51. The zero-order valence-corrected chi connectivity index (χ0v) is 14.6. The van der Waals surface area contributed by atoms with E-state index in [0.717, 1.165) is 11.7 Å². The van der Waals surface area contributed by atoms with E-state index in [2.05, 4.69) is 14.1 Å². The summed E-state index contributed by atoms with van der Waals surface area (Å²) in [4.78, 5) is 11.3. The maximum Gasteiger partial charge on any atom is 0.306 e. The van der Waals surface area contributed by atoms with Crippen LogP contribution >= 0.6 is 11.7 Å². The molecule has 1 rings (SSSR count). The third-order valence-corrected chi connectivity index (χ3v) is 3.57. The average Bonchev–Trinajstić information content (AvgIpc) is 2.97. The second-order valence-corrected chi connectivity index (χ2v) is 6.24. The Hall–Kier alpha value is -1.29. The molecule has 1 unspecified atom stereocenters. The van der Waals surface area contributed by atoms with Crippen LogP contribution in [0.1, 0.15) is 32.9 Å². The smallest absolute Gasteiger partial charge is 0.306 e. The molecular formula is C14H25N3O5S. The lowest BCUT2D eigenvalue weighted by molar-refractivity contribution is -0.143. The number of carbonyl (C=O) groups is 1. The molecule has 8 nitrogen and oxygen atoms in total. The fraction of sp³-hybridized carbons (Fsp3) is 0.786. The van der Waals surface area contributed by atoms with E-state index in [9.17, 15) is 9.90 Å². The summed E-state index contributed by atoms with van der Waals surface area (Å²) in [7, 11) is 0. The van der Waals surface area contributed by atoms with Crippen LogP contribution in [0.25, 0.3) is 0 Å². The van der Waals surface area contributed by atoms with Gasteiger partial charge >= 0.3 is 5.97 Å². The van der Waals surface area contributed by atoms with E-state index < -0.39 is 11.6 Å². The highest BCUT2D eigenvalue weighted by Gasteiger charge is 2.18. The molecule has 9 heteroatoms. The molecule has 0 fully saturated rings. The Kier molecular flexibility index (Phi) is 8.38. The Morgan fingerprint density at radius 3 is 2.83 bits per heavy atom. The summed E-state index contributed by atoms with van der Waals surface area (Å²) in [6.07, 6.45) is -0.151. The molecule has 0 amide bonds. The molecule has 0 aliphatic carbocycles. The lowest BCUT2D eigenvalue weighted by atomic mass is 10.1. The molecule has 0 aliphatic rings. The molecule has 0 aliphatic heterocycles. The van der Waals surface area contributed by atoms with Crippen molar-refractivity contribution in [1.29, 1.82) is 0 Å². The number of ether oxygens (including phenoxy) is 2. The number of rotatable bonds is 11. The summed E-state index contributed by atoms with van der Waals surface area (Å²) in [6.45, 7) is 6.06. The van der Waals surface area contributed by atoms with Gasteiger partial charge in [0.1, 0.15) is 18.4 Å². The van der Waals surface area contributed by atoms with Gasteiger partial charge in [-0.15, -0.1) is 4.37 Å². The number of hydrogen-bond donors (Lipinski definition) is 3. The first-order valence-corrected chi connectivity index (χ1v) is 8.24. The number of aliphatic hydroxyl groups is 2. The maximum absolute atomic E-state index is 11.3. The van der Waals surface area contributed by atoms with Crippen molar-refractivity contribution in [2.45, 2.75) is 45.3 Å². The topological polar surface area (TPSA) is 114 Å². The molecule has 1 atom stereocenters. The minimum Gasteiger partial charge on any atom is -0.473 e. The van der Waals surface area contributed by atoms with Crippen LogP contribution in [0.3, 0.4) is 0 Å².